The van der Waals surface area contributed by atoms with Crippen LogP contribution in [0.15, 0.2) is 24.3 Å². The molecule has 1 aliphatic heterocycles. The van der Waals surface area contributed by atoms with E-state index in [0.717, 1.165) is 25.1 Å². The number of hydrogen-bond acceptors (Lipinski definition) is 3. The van der Waals surface area contributed by atoms with Crippen molar-refractivity contribution in [1.82, 2.24) is 16.0 Å². The van der Waals surface area contributed by atoms with Gasteiger partial charge in [0.2, 0.25) is 0 Å². The second-order valence-electron chi connectivity index (χ2n) is 6.59. The van der Waals surface area contributed by atoms with E-state index in [9.17, 15) is 14.3 Å². The summed E-state index contributed by atoms with van der Waals surface area (Å²) in [7, 11) is 0. The summed E-state index contributed by atoms with van der Waals surface area (Å²) < 4.78 is 13.1. The Morgan fingerprint density at radius 2 is 2.04 bits per heavy atom. The van der Waals surface area contributed by atoms with Crippen molar-refractivity contribution in [2.45, 2.75) is 37.3 Å². The third-order valence-corrected chi connectivity index (χ3v) is 4.88. The first kappa shape index (κ1) is 16.2. The maximum atomic E-state index is 13.1. The van der Waals surface area contributed by atoms with Crippen LogP contribution < -0.4 is 16.0 Å². The van der Waals surface area contributed by atoms with Crippen molar-refractivity contribution < 1.29 is 14.3 Å². The Morgan fingerprint density at radius 1 is 1.30 bits per heavy atom. The van der Waals surface area contributed by atoms with E-state index >= 15 is 0 Å². The summed E-state index contributed by atoms with van der Waals surface area (Å²) >= 11 is 0. The lowest BCUT2D eigenvalue weighted by molar-refractivity contribution is 0.0662. The topological polar surface area (TPSA) is 73.4 Å². The highest BCUT2D eigenvalue weighted by Crippen LogP contribution is 2.30. The van der Waals surface area contributed by atoms with Crippen LogP contribution in [-0.4, -0.2) is 42.9 Å². The molecule has 1 aliphatic carbocycles. The van der Waals surface area contributed by atoms with Crippen molar-refractivity contribution >= 4 is 6.03 Å². The van der Waals surface area contributed by atoms with Gasteiger partial charge in [-0.25, -0.2) is 9.18 Å². The third-order valence-electron chi connectivity index (χ3n) is 4.88. The molecule has 23 heavy (non-hydrogen) atoms. The Labute approximate surface area is 135 Å². The number of aliphatic hydroxyl groups is 1. The molecule has 1 aromatic carbocycles. The number of halogens is 1. The van der Waals surface area contributed by atoms with Gasteiger partial charge in [0.05, 0.1) is 6.10 Å². The van der Waals surface area contributed by atoms with Crippen LogP contribution in [0.1, 0.15) is 30.7 Å². The minimum absolute atomic E-state index is 0.0855. The lowest BCUT2D eigenvalue weighted by Crippen LogP contribution is -2.51. The van der Waals surface area contributed by atoms with Gasteiger partial charge in [0.1, 0.15) is 5.82 Å². The molecule has 0 spiro atoms. The third kappa shape index (κ3) is 4.20. The van der Waals surface area contributed by atoms with E-state index in [0.29, 0.717) is 25.3 Å². The molecule has 0 radical (unpaired) electrons. The van der Waals surface area contributed by atoms with Crippen molar-refractivity contribution in [3.63, 3.8) is 0 Å². The molecule has 0 unspecified atom stereocenters. The van der Waals surface area contributed by atoms with Gasteiger partial charge in [0.15, 0.2) is 0 Å². The lowest BCUT2D eigenvalue weighted by Gasteiger charge is -2.34. The van der Waals surface area contributed by atoms with Gasteiger partial charge in [-0.05, 0) is 55.3 Å². The normalized spacial score (nSPS) is 30.3. The summed E-state index contributed by atoms with van der Waals surface area (Å²) in [5.74, 6) is 0.383. The number of carbonyl (C=O) groups excluding carboxylic acids is 1. The van der Waals surface area contributed by atoms with Crippen LogP contribution in [0.4, 0.5) is 9.18 Å². The summed E-state index contributed by atoms with van der Waals surface area (Å²) in [5, 5.41) is 18.4. The molecule has 3 rings (SSSR count). The van der Waals surface area contributed by atoms with Crippen LogP contribution in [0.25, 0.3) is 0 Å². The summed E-state index contributed by atoms with van der Waals surface area (Å²) in [6.45, 7) is 2.35. The molecule has 1 saturated carbocycles. The summed E-state index contributed by atoms with van der Waals surface area (Å²) in [4.78, 5) is 11.9. The van der Waals surface area contributed by atoms with E-state index < -0.39 is 0 Å². The monoisotopic (exact) mass is 321 g/mol. The van der Waals surface area contributed by atoms with E-state index in [1.54, 1.807) is 0 Å². The summed E-state index contributed by atoms with van der Waals surface area (Å²) in [5.41, 5.74) is 1.13. The number of piperidine rings is 1. The van der Waals surface area contributed by atoms with Crippen molar-refractivity contribution in [1.29, 1.82) is 0 Å². The summed E-state index contributed by atoms with van der Waals surface area (Å²) in [6, 6.07) is 6.59. The molecule has 126 valence electrons. The zero-order valence-corrected chi connectivity index (χ0v) is 13.1. The van der Waals surface area contributed by atoms with Crippen LogP contribution in [0.2, 0.25) is 0 Å². The quantitative estimate of drug-likeness (QED) is 0.676. The molecule has 5 nitrogen and oxygen atoms in total. The molecular formula is C17H24FN3O2. The fourth-order valence-corrected chi connectivity index (χ4v) is 3.45. The maximum absolute atomic E-state index is 13.1. The maximum Gasteiger partial charge on any atom is 0.315 e. The first-order valence-electron chi connectivity index (χ1n) is 8.30. The number of aliphatic hydroxyl groups excluding tert-OH is 1. The Morgan fingerprint density at radius 3 is 2.74 bits per heavy atom. The van der Waals surface area contributed by atoms with E-state index in [1.807, 2.05) is 12.1 Å². The Bertz CT molecular complexity index is 531. The first-order chi connectivity index (χ1) is 11.1. The van der Waals surface area contributed by atoms with E-state index in [1.165, 1.54) is 12.1 Å². The molecule has 2 aliphatic rings. The van der Waals surface area contributed by atoms with Crippen molar-refractivity contribution in [2.75, 3.05) is 19.6 Å². The van der Waals surface area contributed by atoms with E-state index in [-0.39, 0.29) is 29.9 Å². The van der Waals surface area contributed by atoms with Crippen molar-refractivity contribution in [3.8, 4) is 0 Å². The van der Waals surface area contributed by atoms with Crippen molar-refractivity contribution in [2.24, 2.45) is 5.92 Å². The van der Waals surface area contributed by atoms with Gasteiger partial charge in [-0.3, -0.25) is 0 Å². The molecule has 4 N–H and O–H groups in total. The standard InChI is InChI=1S/C17H24FN3O2/c18-13-3-1-11(2-4-13)16-5-6-19-9-12(16)10-20-17(23)21-14-7-15(22)8-14/h1-4,12,14-16,19,22H,5-10H2,(H2,20,21,23)/t12-,14?,15?,16+/m0/s1. The molecule has 1 aromatic rings. The van der Waals surface area contributed by atoms with Gasteiger partial charge in [-0.2, -0.15) is 0 Å². The minimum atomic E-state index is -0.272. The molecule has 1 heterocycles. The van der Waals surface area contributed by atoms with Gasteiger partial charge < -0.3 is 21.1 Å². The Kier molecular flexibility index (Phi) is 5.13. The predicted molar refractivity (Wildman–Crippen MR) is 85.7 cm³/mol. The van der Waals surface area contributed by atoms with E-state index in [4.69, 9.17) is 0 Å². The fraction of sp³-hybridized carbons (Fsp3) is 0.588. The average Bonchev–Trinajstić information content (AvgIpc) is 2.53. The number of benzene rings is 1. The highest BCUT2D eigenvalue weighted by atomic mass is 19.1. The van der Waals surface area contributed by atoms with Crippen LogP contribution in [0.3, 0.4) is 0 Å². The first-order valence-corrected chi connectivity index (χ1v) is 8.30. The number of urea groups is 1. The molecule has 2 atom stereocenters. The molecule has 6 heteroatoms. The van der Waals surface area contributed by atoms with E-state index in [2.05, 4.69) is 16.0 Å². The number of nitrogens with one attached hydrogen (secondary N) is 3. The highest BCUT2D eigenvalue weighted by Gasteiger charge is 2.30. The lowest BCUT2D eigenvalue weighted by atomic mass is 9.81. The number of carbonyl (C=O) groups is 1. The number of rotatable bonds is 4. The Hall–Kier alpha value is -1.66. The smallest absolute Gasteiger partial charge is 0.315 e. The predicted octanol–water partition coefficient (Wildman–Crippen LogP) is 1.34. The van der Waals surface area contributed by atoms with Crippen LogP contribution >= 0.6 is 0 Å². The SMILES string of the molecule is O=C(NC[C@@H]1CNCC[C@@H]1c1ccc(F)cc1)NC1CC(O)C1. The van der Waals surface area contributed by atoms with Gasteiger partial charge >= 0.3 is 6.03 Å². The zero-order chi connectivity index (χ0) is 16.2. The second-order valence-corrected chi connectivity index (χ2v) is 6.59. The number of amides is 2. The van der Waals surface area contributed by atoms with Gasteiger partial charge in [-0.15, -0.1) is 0 Å². The number of hydrogen-bond donors (Lipinski definition) is 4. The molecule has 2 amide bonds. The van der Waals surface area contributed by atoms with Crippen LogP contribution in [-0.2, 0) is 0 Å². The van der Waals surface area contributed by atoms with Gasteiger partial charge in [0.25, 0.3) is 0 Å². The molecular weight excluding hydrogens is 297 g/mol. The largest absolute Gasteiger partial charge is 0.393 e. The van der Waals surface area contributed by atoms with Gasteiger partial charge in [0, 0.05) is 19.1 Å². The summed E-state index contributed by atoms with van der Waals surface area (Å²) in [6.07, 6.45) is 1.98. The molecule has 1 saturated heterocycles. The van der Waals surface area contributed by atoms with Gasteiger partial charge in [-0.1, -0.05) is 12.1 Å². The average molecular weight is 321 g/mol. The molecule has 2 fully saturated rings. The highest BCUT2D eigenvalue weighted by molar-refractivity contribution is 5.74. The minimum Gasteiger partial charge on any atom is -0.393 e. The van der Waals surface area contributed by atoms with Crippen LogP contribution in [0.5, 0.6) is 0 Å². The molecule has 0 aromatic heterocycles. The molecule has 0 bridgehead atoms. The van der Waals surface area contributed by atoms with Crippen LogP contribution in [0, 0.1) is 11.7 Å². The zero-order valence-electron chi connectivity index (χ0n) is 13.1. The Balaban J connectivity index is 1.52. The van der Waals surface area contributed by atoms with Crippen molar-refractivity contribution in [3.05, 3.63) is 35.6 Å². The fourth-order valence-electron chi connectivity index (χ4n) is 3.45. The second kappa shape index (κ2) is 7.27.